The van der Waals surface area contributed by atoms with Crippen molar-refractivity contribution in [1.29, 1.82) is 0 Å². The third kappa shape index (κ3) is 5.09. The van der Waals surface area contributed by atoms with Gasteiger partial charge in [-0.25, -0.2) is 4.39 Å². The van der Waals surface area contributed by atoms with E-state index in [-0.39, 0.29) is 17.7 Å². The van der Waals surface area contributed by atoms with E-state index in [0.29, 0.717) is 5.56 Å². The van der Waals surface area contributed by atoms with Gasteiger partial charge in [-0.05, 0) is 50.6 Å². The fourth-order valence-corrected chi connectivity index (χ4v) is 4.16. The van der Waals surface area contributed by atoms with Crippen LogP contribution in [0.25, 0.3) is 10.9 Å². The number of hydrogen-bond donors (Lipinski definition) is 3. The monoisotopic (exact) mass is 521 g/mol. The van der Waals surface area contributed by atoms with Gasteiger partial charge in [0.2, 0.25) is 0 Å². The van der Waals surface area contributed by atoms with E-state index in [2.05, 4.69) is 10.6 Å². The Hall–Kier alpha value is -4.09. The van der Waals surface area contributed by atoms with E-state index < -0.39 is 69.9 Å². The van der Waals surface area contributed by atoms with Gasteiger partial charge >= 0.3 is 12.1 Å². The summed E-state index contributed by atoms with van der Waals surface area (Å²) in [6.45, 7) is 4.09. The standard InChI is InChI=1S/C25H23F4N3O5/c1-24(2,3)37-17(33)10-30-22(35)19-21(34)18-14(26)8-9-15-20(18)32(23(19)36)11-16(31-15)12-4-6-13(7-5-12)25(27,28)29/h4-9,16,31,34H,10-11H2,1-3H3,(H,30,35). The lowest BCUT2D eigenvalue weighted by Gasteiger charge is -2.30. The van der Waals surface area contributed by atoms with Gasteiger partial charge in [-0.15, -0.1) is 0 Å². The number of ether oxygens (including phenoxy) is 1. The number of nitrogens with one attached hydrogen (secondary N) is 2. The van der Waals surface area contributed by atoms with Crippen molar-refractivity contribution in [1.82, 2.24) is 9.88 Å². The molecule has 0 radical (unpaired) electrons. The largest absolute Gasteiger partial charge is 0.506 e. The van der Waals surface area contributed by atoms with E-state index in [9.17, 15) is 37.1 Å². The van der Waals surface area contributed by atoms with Gasteiger partial charge in [-0.1, -0.05) is 12.1 Å². The Bertz CT molecular complexity index is 1460. The first-order valence-corrected chi connectivity index (χ1v) is 11.2. The maximum atomic E-state index is 14.8. The summed E-state index contributed by atoms with van der Waals surface area (Å²) in [5, 5.41) is 15.6. The highest BCUT2D eigenvalue weighted by atomic mass is 19.4. The fraction of sp³-hybridized carbons (Fsp3) is 0.320. The van der Waals surface area contributed by atoms with Crippen molar-refractivity contribution in [2.24, 2.45) is 0 Å². The summed E-state index contributed by atoms with van der Waals surface area (Å²) >= 11 is 0. The number of pyridine rings is 1. The van der Waals surface area contributed by atoms with Crippen LogP contribution in [-0.2, 0) is 22.3 Å². The lowest BCUT2D eigenvalue weighted by atomic mass is 9.99. The molecule has 2 heterocycles. The van der Waals surface area contributed by atoms with Crippen molar-refractivity contribution in [2.75, 3.05) is 11.9 Å². The quantitative estimate of drug-likeness (QED) is 0.352. The summed E-state index contributed by atoms with van der Waals surface area (Å²) in [5.74, 6) is -3.70. The van der Waals surface area contributed by atoms with Gasteiger partial charge in [0.15, 0.2) is 0 Å². The third-order valence-electron chi connectivity index (χ3n) is 5.71. The van der Waals surface area contributed by atoms with E-state index in [1.165, 1.54) is 18.2 Å². The number of rotatable bonds is 4. The zero-order valence-corrected chi connectivity index (χ0v) is 20.0. The normalized spacial score (nSPS) is 15.3. The summed E-state index contributed by atoms with van der Waals surface area (Å²) in [4.78, 5) is 38.1. The second-order valence-corrected chi connectivity index (χ2v) is 9.54. The minimum atomic E-state index is -4.52. The number of alkyl halides is 3. The lowest BCUT2D eigenvalue weighted by Crippen LogP contribution is -2.39. The molecular weight excluding hydrogens is 498 g/mol. The number of benzene rings is 2. The molecule has 0 aliphatic carbocycles. The predicted molar refractivity (Wildman–Crippen MR) is 126 cm³/mol. The highest BCUT2D eigenvalue weighted by molar-refractivity contribution is 6.05. The highest BCUT2D eigenvalue weighted by Gasteiger charge is 2.33. The van der Waals surface area contributed by atoms with Gasteiger partial charge in [-0.3, -0.25) is 14.4 Å². The van der Waals surface area contributed by atoms with Crippen molar-refractivity contribution in [3.63, 3.8) is 0 Å². The molecule has 1 aliphatic rings. The maximum absolute atomic E-state index is 14.8. The number of aromatic nitrogens is 1. The summed E-state index contributed by atoms with van der Waals surface area (Å²) in [7, 11) is 0. The van der Waals surface area contributed by atoms with Crippen LogP contribution in [0.2, 0.25) is 0 Å². The molecule has 0 spiro atoms. The van der Waals surface area contributed by atoms with Crippen LogP contribution in [0.5, 0.6) is 5.75 Å². The van der Waals surface area contributed by atoms with Crippen LogP contribution in [0, 0.1) is 5.82 Å². The van der Waals surface area contributed by atoms with Crippen molar-refractivity contribution < 1.29 is 37.0 Å². The SMILES string of the molecule is CC(C)(C)OC(=O)CNC(=O)c1c(O)c2c(F)ccc3c2n(c1=O)CC(c1ccc(C(F)(F)F)cc1)N3. The van der Waals surface area contributed by atoms with Crippen LogP contribution >= 0.6 is 0 Å². The number of aromatic hydroxyl groups is 1. The maximum Gasteiger partial charge on any atom is 0.416 e. The van der Waals surface area contributed by atoms with Gasteiger partial charge in [0.1, 0.15) is 29.3 Å². The molecule has 0 saturated heterocycles. The van der Waals surface area contributed by atoms with Crippen LogP contribution in [0.1, 0.15) is 48.3 Å². The molecule has 12 heteroatoms. The second-order valence-electron chi connectivity index (χ2n) is 9.54. The molecule has 3 N–H and O–H groups in total. The molecule has 0 saturated carbocycles. The summed E-state index contributed by atoms with van der Waals surface area (Å²) in [5.41, 5.74) is -2.77. The van der Waals surface area contributed by atoms with Crippen LogP contribution in [0.4, 0.5) is 23.2 Å². The van der Waals surface area contributed by atoms with E-state index in [1.54, 1.807) is 20.8 Å². The van der Waals surface area contributed by atoms with Crippen molar-refractivity contribution >= 4 is 28.5 Å². The third-order valence-corrected chi connectivity index (χ3v) is 5.71. The molecule has 37 heavy (non-hydrogen) atoms. The number of carbonyl (C=O) groups is 2. The average Bonchev–Trinajstić information content (AvgIpc) is 2.80. The second kappa shape index (κ2) is 9.09. The Kier molecular flexibility index (Phi) is 6.39. The Morgan fingerprint density at radius 2 is 1.78 bits per heavy atom. The smallest absolute Gasteiger partial charge is 0.416 e. The molecule has 3 aromatic rings. The molecule has 2 aromatic carbocycles. The Labute approximate surface area is 207 Å². The number of halogens is 4. The highest BCUT2D eigenvalue weighted by Crippen LogP contribution is 2.39. The van der Waals surface area contributed by atoms with Crippen LogP contribution in [0.3, 0.4) is 0 Å². The van der Waals surface area contributed by atoms with E-state index >= 15 is 0 Å². The van der Waals surface area contributed by atoms with Gasteiger partial charge < -0.3 is 25.0 Å². The average molecular weight is 521 g/mol. The first-order chi connectivity index (χ1) is 17.2. The van der Waals surface area contributed by atoms with E-state index in [1.807, 2.05) is 0 Å². The van der Waals surface area contributed by atoms with Crippen LogP contribution < -0.4 is 16.2 Å². The van der Waals surface area contributed by atoms with Crippen LogP contribution in [-0.4, -0.2) is 33.7 Å². The van der Waals surface area contributed by atoms with Crippen molar-refractivity contribution in [3.8, 4) is 5.75 Å². The topological polar surface area (TPSA) is 110 Å². The number of hydrogen-bond acceptors (Lipinski definition) is 6. The Morgan fingerprint density at radius 1 is 1.14 bits per heavy atom. The molecule has 4 rings (SSSR count). The first-order valence-electron chi connectivity index (χ1n) is 11.2. The van der Waals surface area contributed by atoms with Gasteiger partial charge in [-0.2, -0.15) is 13.2 Å². The Morgan fingerprint density at radius 3 is 2.38 bits per heavy atom. The minimum absolute atomic E-state index is 0.00523. The molecular formula is C25H23F4N3O5. The summed E-state index contributed by atoms with van der Waals surface area (Å²) in [6.07, 6.45) is -4.52. The van der Waals surface area contributed by atoms with Crippen LogP contribution in [0.15, 0.2) is 41.2 Å². The molecule has 1 unspecified atom stereocenters. The number of esters is 1. The molecule has 1 atom stereocenters. The number of amides is 1. The van der Waals surface area contributed by atoms with Gasteiger partial charge in [0.05, 0.1) is 34.7 Å². The summed E-state index contributed by atoms with van der Waals surface area (Å²) in [6, 6.07) is 5.97. The molecule has 1 aliphatic heterocycles. The molecule has 8 nitrogen and oxygen atoms in total. The van der Waals surface area contributed by atoms with Crippen molar-refractivity contribution in [3.05, 3.63) is 69.3 Å². The first kappa shape index (κ1) is 26.0. The lowest BCUT2D eigenvalue weighted by molar-refractivity contribution is -0.153. The van der Waals surface area contributed by atoms with Crippen molar-refractivity contribution in [2.45, 2.75) is 45.1 Å². The molecule has 0 bridgehead atoms. The summed E-state index contributed by atoms with van der Waals surface area (Å²) < 4.78 is 59.9. The Balaban J connectivity index is 1.73. The molecule has 0 fully saturated rings. The molecule has 1 aromatic heterocycles. The number of anilines is 1. The predicted octanol–water partition coefficient (Wildman–Crippen LogP) is 4.10. The van der Waals surface area contributed by atoms with Gasteiger partial charge in [0.25, 0.3) is 11.5 Å². The fourth-order valence-electron chi connectivity index (χ4n) is 4.16. The number of nitrogens with zero attached hydrogens (tertiary/aromatic N) is 1. The zero-order valence-electron chi connectivity index (χ0n) is 20.0. The van der Waals surface area contributed by atoms with E-state index in [0.717, 1.165) is 22.8 Å². The molecule has 1 amide bonds. The van der Waals surface area contributed by atoms with Gasteiger partial charge in [0, 0.05) is 0 Å². The number of carbonyl (C=O) groups excluding carboxylic acids is 2. The zero-order chi connectivity index (χ0) is 27.3. The minimum Gasteiger partial charge on any atom is -0.506 e. The molecule has 196 valence electrons. The van der Waals surface area contributed by atoms with E-state index in [4.69, 9.17) is 4.74 Å².